The van der Waals surface area contributed by atoms with E-state index in [9.17, 15) is 0 Å². The molecular weight excluding hydrogens is 238 g/mol. The van der Waals surface area contributed by atoms with Crippen LogP contribution in [0.3, 0.4) is 0 Å². The number of hydrogen-bond donors (Lipinski definition) is 1. The van der Waals surface area contributed by atoms with Crippen LogP contribution in [0.2, 0.25) is 0 Å². The average molecular weight is 259 g/mol. The smallest absolute Gasteiger partial charge is 0.156 e. The number of hydrogen-bond acceptors (Lipinski definition) is 4. The molecule has 2 aromatic rings. The molecule has 0 unspecified atom stereocenters. The van der Waals surface area contributed by atoms with E-state index in [0.717, 1.165) is 36.2 Å². The molecule has 1 heterocycles. The van der Waals surface area contributed by atoms with Crippen molar-refractivity contribution in [2.24, 2.45) is 5.41 Å². The molecule has 0 aliphatic heterocycles. The van der Waals surface area contributed by atoms with Crippen LogP contribution in [0.25, 0.3) is 10.8 Å². The van der Waals surface area contributed by atoms with Gasteiger partial charge in [-0.05, 0) is 11.8 Å². The lowest BCUT2D eigenvalue weighted by atomic mass is 9.89. The van der Waals surface area contributed by atoms with Crippen molar-refractivity contribution in [1.29, 1.82) is 0 Å². The Hall–Kier alpha value is -1.68. The summed E-state index contributed by atoms with van der Waals surface area (Å²) < 4.78 is 5.14. The van der Waals surface area contributed by atoms with Crippen LogP contribution in [0.15, 0.2) is 30.5 Å². The number of nitrogens with one attached hydrogen (secondary N) is 1. The Morgan fingerprint density at radius 2 is 2.05 bits per heavy atom. The molecule has 4 heteroatoms. The SMILES string of the molecule is COCCC(C)(C)CNc1nncc2ccccc12. The van der Waals surface area contributed by atoms with E-state index in [0.29, 0.717) is 0 Å². The first-order valence-electron chi connectivity index (χ1n) is 6.56. The third-order valence-corrected chi connectivity index (χ3v) is 3.29. The standard InChI is InChI=1S/C15H21N3O/c1-15(2,8-9-19-3)11-16-14-13-7-5-4-6-12(13)10-17-18-14/h4-7,10H,8-9,11H2,1-3H3,(H,16,18). The van der Waals surface area contributed by atoms with E-state index in [1.54, 1.807) is 13.3 Å². The zero-order chi connectivity index (χ0) is 13.7. The molecule has 19 heavy (non-hydrogen) atoms. The minimum atomic E-state index is 0.161. The largest absolute Gasteiger partial charge is 0.385 e. The number of methoxy groups -OCH3 is 1. The summed E-state index contributed by atoms with van der Waals surface area (Å²) in [6, 6.07) is 8.14. The quantitative estimate of drug-likeness (QED) is 0.866. The Kier molecular flexibility index (Phi) is 4.32. The van der Waals surface area contributed by atoms with E-state index < -0.39 is 0 Å². The maximum atomic E-state index is 5.14. The van der Waals surface area contributed by atoms with Gasteiger partial charge in [0, 0.05) is 31.0 Å². The van der Waals surface area contributed by atoms with E-state index in [1.165, 1.54) is 0 Å². The zero-order valence-corrected chi connectivity index (χ0v) is 11.8. The lowest BCUT2D eigenvalue weighted by molar-refractivity contribution is 0.157. The molecule has 2 rings (SSSR count). The van der Waals surface area contributed by atoms with E-state index in [1.807, 2.05) is 18.2 Å². The number of fused-ring (bicyclic) bond motifs is 1. The van der Waals surface area contributed by atoms with Crippen LogP contribution in [-0.2, 0) is 4.74 Å². The highest BCUT2D eigenvalue weighted by atomic mass is 16.5. The van der Waals surface area contributed by atoms with Crippen molar-refractivity contribution in [3.05, 3.63) is 30.5 Å². The van der Waals surface area contributed by atoms with Crippen molar-refractivity contribution in [3.8, 4) is 0 Å². The predicted molar refractivity (Wildman–Crippen MR) is 78.3 cm³/mol. The second-order valence-electron chi connectivity index (χ2n) is 5.54. The van der Waals surface area contributed by atoms with E-state index >= 15 is 0 Å². The van der Waals surface area contributed by atoms with Crippen LogP contribution < -0.4 is 5.32 Å². The molecule has 102 valence electrons. The number of benzene rings is 1. The Morgan fingerprint density at radius 1 is 1.26 bits per heavy atom. The van der Waals surface area contributed by atoms with Crippen molar-refractivity contribution < 1.29 is 4.74 Å². The molecule has 1 aromatic carbocycles. The van der Waals surface area contributed by atoms with Gasteiger partial charge in [-0.15, -0.1) is 5.10 Å². The molecule has 0 fully saturated rings. The minimum absolute atomic E-state index is 0.161. The third kappa shape index (κ3) is 3.64. The molecule has 1 N–H and O–H groups in total. The molecule has 0 atom stereocenters. The second kappa shape index (κ2) is 5.97. The number of anilines is 1. The Labute approximate surface area is 114 Å². The highest BCUT2D eigenvalue weighted by molar-refractivity contribution is 5.90. The summed E-state index contributed by atoms with van der Waals surface area (Å²) in [5, 5.41) is 13.9. The monoisotopic (exact) mass is 259 g/mol. The van der Waals surface area contributed by atoms with Gasteiger partial charge in [-0.25, -0.2) is 0 Å². The normalized spacial score (nSPS) is 11.7. The summed E-state index contributed by atoms with van der Waals surface area (Å²) in [4.78, 5) is 0. The van der Waals surface area contributed by atoms with Crippen molar-refractivity contribution in [2.45, 2.75) is 20.3 Å². The second-order valence-corrected chi connectivity index (χ2v) is 5.54. The zero-order valence-electron chi connectivity index (χ0n) is 11.8. The molecule has 0 bridgehead atoms. The van der Waals surface area contributed by atoms with Crippen LogP contribution in [-0.4, -0.2) is 30.5 Å². The van der Waals surface area contributed by atoms with Crippen LogP contribution in [0, 0.1) is 5.41 Å². The summed E-state index contributed by atoms with van der Waals surface area (Å²) in [5.41, 5.74) is 0.161. The first-order valence-corrected chi connectivity index (χ1v) is 6.56. The maximum absolute atomic E-state index is 5.14. The highest BCUT2D eigenvalue weighted by Gasteiger charge is 2.18. The molecular formula is C15H21N3O. The van der Waals surface area contributed by atoms with Crippen molar-refractivity contribution in [3.63, 3.8) is 0 Å². The molecule has 0 saturated heterocycles. The highest BCUT2D eigenvalue weighted by Crippen LogP contribution is 2.24. The minimum Gasteiger partial charge on any atom is -0.385 e. The summed E-state index contributed by atoms with van der Waals surface area (Å²) in [6.45, 7) is 6.06. The van der Waals surface area contributed by atoms with Gasteiger partial charge < -0.3 is 10.1 Å². The molecule has 0 saturated carbocycles. The summed E-state index contributed by atoms with van der Waals surface area (Å²) in [6.07, 6.45) is 2.80. The summed E-state index contributed by atoms with van der Waals surface area (Å²) >= 11 is 0. The summed E-state index contributed by atoms with van der Waals surface area (Å²) in [5.74, 6) is 0.851. The van der Waals surface area contributed by atoms with Gasteiger partial charge in [0.2, 0.25) is 0 Å². The first-order chi connectivity index (χ1) is 9.12. The lowest BCUT2D eigenvalue weighted by Crippen LogP contribution is -2.25. The Morgan fingerprint density at radius 3 is 2.84 bits per heavy atom. The predicted octanol–water partition coefficient (Wildman–Crippen LogP) is 3.10. The Bertz CT molecular complexity index is 534. The molecule has 0 spiro atoms. The van der Waals surface area contributed by atoms with Crippen LogP contribution in [0.5, 0.6) is 0 Å². The molecule has 0 radical (unpaired) electrons. The third-order valence-electron chi connectivity index (χ3n) is 3.29. The fourth-order valence-corrected chi connectivity index (χ4v) is 1.95. The van der Waals surface area contributed by atoms with Crippen molar-refractivity contribution in [2.75, 3.05) is 25.6 Å². The van der Waals surface area contributed by atoms with Gasteiger partial charge in [-0.3, -0.25) is 0 Å². The van der Waals surface area contributed by atoms with E-state index in [-0.39, 0.29) is 5.41 Å². The molecule has 4 nitrogen and oxygen atoms in total. The van der Waals surface area contributed by atoms with Crippen LogP contribution in [0.4, 0.5) is 5.82 Å². The number of ether oxygens (including phenoxy) is 1. The molecule has 0 aliphatic rings. The maximum Gasteiger partial charge on any atom is 0.156 e. The molecule has 1 aromatic heterocycles. The van der Waals surface area contributed by atoms with Gasteiger partial charge in [0.25, 0.3) is 0 Å². The average Bonchev–Trinajstić information content (AvgIpc) is 2.43. The van der Waals surface area contributed by atoms with Gasteiger partial charge in [0.1, 0.15) is 0 Å². The topological polar surface area (TPSA) is 47.0 Å². The van der Waals surface area contributed by atoms with Gasteiger partial charge in [0.15, 0.2) is 5.82 Å². The van der Waals surface area contributed by atoms with Gasteiger partial charge in [-0.1, -0.05) is 38.1 Å². The molecule has 0 aliphatic carbocycles. The van der Waals surface area contributed by atoms with Crippen LogP contribution in [0.1, 0.15) is 20.3 Å². The fraction of sp³-hybridized carbons (Fsp3) is 0.467. The van der Waals surface area contributed by atoms with Gasteiger partial charge >= 0.3 is 0 Å². The van der Waals surface area contributed by atoms with Crippen molar-refractivity contribution in [1.82, 2.24) is 10.2 Å². The number of nitrogens with zero attached hydrogens (tertiary/aromatic N) is 2. The van der Waals surface area contributed by atoms with Crippen LogP contribution >= 0.6 is 0 Å². The first kappa shape index (κ1) is 13.7. The van der Waals surface area contributed by atoms with Gasteiger partial charge in [0.05, 0.1) is 6.20 Å². The number of rotatable bonds is 6. The van der Waals surface area contributed by atoms with Crippen molar-refractivity contribution >= 4 is 16.6 Å². The summed E-state index contributed by atoms with van der Waals surface area (Å²) in [7, 11) is 1.74. The fourth-order valence-electron chi connectivity index (χ4n) is 1.95. The lowest BCUT2D eigenvalue weighted by Gasteiger charge is -2.25. The number of aromatic nitrogens is 2. The van der Waals surface area contributed by atoms with E-state index in [2.05, 4.69) is 35.4 Å². The van der Waals surface area contributed by atoms with Gasteiger partial charge in [-0.2, -0.15) is 5.10 Å². The van der Waals surface area contributed by atoms with E-state index in [4.69, 9.17) is 4.74 Å². The Balaban J connectivity index is 2.09. The molecule has 0 amide bonds.